The van der Waals surface area contributed by atoms with E-state index in [0.717, 1.165) is 5.96 Å². The van der Waals surface area contributed by atoms with Crippen LogP contribution in [0.25, 0.3) is 0 Å². The molecular formula is C12H27IN4. The minimum Gasteiger partial charge on any atom is -0.353 e. The topological polar surface area (TPSA) is 30.9 Å². The van der Waals surface area contributed by atoms with Gasteiger partial charge in [0.05, 0.1) is 0 Å². The third-order valence-corrected chi connectivity index (χ3v) is 3.23. The Kier molecular flexibility index (Phi) is 8.11. The number of hydrogen-bond donors (Lipinski definition) is 1. The number of rotatable bonds is 2. The lowest BCUT2D eigenvalue weighted by Crippen LogP contribution is -2.49. The SMILES string of the molecule is CN=C(NC1CCN(C(C)C)CC1)N(C)C.I. The first kappa shape index (κ1) is 17.0. The Balaban J connectivity index is 0.00000256. The molecule has 0 atom stereocenters. The molecular weight excluding hydrogens is 327 g/mol. The molecule has 1 aliphatic rings. The van der Waals surface area contributed by atoms with E-state index in [0.29, 0.717) is 12.1 Å². The van der Waals surface area contributed by atoms with E-state index in [1.807, 2.05) is 26.0 Å². The first-order valence-electron chi connectivity index (χ1n) is 6.19. The molecule has 0 spiro atoms. The predicted molar refractivity (Wildman–Crippen MR) is 85.3 cm³/mol. The maximum absolute atomic E-state index is 4.25. The molecule has 0 bridgehead atoms. The number of halogens is 1. The average Bonchev–Trinajstić information content (AvgIpc) is 2.26. The zero-order chi connectivity index (χ0) is 12.1. The van der Waals surface area contributed by atoms with Crippen LogP contribution in [-0.4, -0.2) is 62.1 Å². The van der Waals surface area contributed by atoms with Crippen LogP contribution in [0.1, 0.15) is 26.7 Å². The molecule has 1 N–H and O–H groups in total. The molecule has 17 heavy (non-hydrogen) atoms. The molecule has 0 unspecified atom stereocenters. The summed E-state index contributed by atoms with van der Waals surface area (Å²) in [5.41, 5.74) is 0. The van der Waals surface area contributed by atoms with Crippen LogP contribution in [0.5, 0.6) is 0 Å². The number of nitrogens with one attached hydrogen (secondary N) is 1. The van der Waals surface area contributed by atoms with Gasteiger partial charge in [-0.3, -0.25) is 4.99 Å². The summed E-state index contributed by atoms with van der Waals surface area (Å²) in [7, 11) is 5.89. The summed E-state index contributed by atoms with van der Waals surface area (Å²) in [6.45, 7) is 6.93. The molecule has 5 heteroatoms. The lowest BCUT2D eigenvalue weighted by Gasteiger charge is -2.36. The molecule has 0 saturated carbocycles. The van der Waals surface area contributed by atoms with E-state index in [-0.39, 0.29) is 24.0 Å². The molecule has 1 rings (SSSR count). The van der Waals surface area contributed by atoms with Crippen LogP contribution in [0.4, 0.5) is 0 Å². The monoisotopic (exact) mass is 354 g/mol. The summed E-state index contributed by atoms with van der Waals surface area (Å²) < 4.78 is 0. The minimum absolute atomic E-state index is 0. The van der Waals surface area contributed by atoms with Gasteiger partial charge in [-0.2, -0.15) is 0 Å². The highest BCUT2D eigenvalue weighted by atomic mass is 127. The van der Waals surface area contributed by atoms with Crippen molar-refractivity contribution in [3.05, 3.63) is 0 Å². The van der Waals surface area contributed by atoms with Gasteiger partial charge in [0.2, 0.25) is 0 Å². The summed E-state index contributed by atoms with van der Waals surface area (Å²) >= 11 is 0. The number of aliphatic imine (C=N–C) groups is 1. The zero-order valence-electron chi connectivity index (χ0n) is 11.7. The number of nitrogens with zero attached hydrogens (tertiary/aromatic N) is 3. The van der Waals surface area contributed by atoms with Gasteiger partial charge in [-0.15, -0.1) is 24.0 Å². The van der Waals surface area contributed by atoms with Crippen LogP contribution in [0.15, 0.2) is 4.99 Å². The molecule has 1 aliphatic heterocycles. The van der Waals surface area contributed by atoms with Gasteiger partial charge in [0.1, 0.15) is 0 Å². The normalized spacial score (nSPS) is 19.1. The predicted octanol–water partition coefficient (Wildman–Crippen LogP) is 1.61. The first-order valence-corrected chi connectivity index (χ1v) is 6.19. The average molecular weight is 354 g/mol. The molecule has 0 aromatic carbocycles. The van der Waals surface area contributed by atoms with E-state index in [4.69, 9.17) is 0 Å². The van der Waals surface area contributed by atoms with Crippen LogP contribution in [0, 0.1) is 0 Å². The molecule has 0 aromatic heterocycles. The number of hydrogen-bond acceptors (Lipinski definition) is 2. The molecule has 102 valence electrons. The van der Waals surface area contributed by atoms with Gasteiger partial charge in [0.15, 0.2) is 5.96 Å². The van der Waals surface area contributed by atoms with E-state index in [1.54, 1.807) is 0 Å². The molecule has 0 aliphatic carbocycles. The van der Waals surface area contributed by atoms with Gasteiger partial charge in [-0.1, -0.05) is 0 Å². The highest BCUT2D eigenvalue weighted by molar-refractivity contribution is 14.0. The maximum atomic E-state index is 4.25. The Morgan fingerprint density at radius 1 is 1.29 bits per heavy atom. The van der Waals surface area contributed by atoms with Crippen molar-refractivity contribution in [1.29, 1.82) is 0 Å². The Hall–Kier alpha value is -0.0400. The van der Waals surface area contributed by atoms with Crippen molar-refractivity contribution in [1.82, 2.24) is 15.1 Å². The lowest BCUT2D eigenvalue weighted by atomic mass is 10.0. The van der Waals surface area contributed by atoms with E-state index < -0.39 is 0 Å². The fourth-order valence-corrected chi connectivity index (χ4v) is 2.14. The summed E-state index contributed by atoms with van der Waals surface area (Å²) in [5.74, 6) is 0.989. The summed E-state index contributed by atoms with van der Waals surface area (Å²) in [5, 5.41) is 3.51. The first-order chi connectivity index (χ1) is 7.54. The standard InChI is InChI=1S/C12H26N4.HI/c1-10(2)16-8-6-11(7-9-16)14-12(13-3)15(4)5;/h10-11H,6-9H2,1-5H3,(H,13,14);1H. The molecule has 0 amide bonds. The summed E-state index contributed by atoms with van der Waals surface area (Å²) in [6.07, 6.45) is 2.43. The van der Waals surface area contributed by atoms with Crippen molar-refractivity contribution in [2.45, 2.75) is 38.8 Å². The third kappa shape index (κ3) is 5.42. The maximum Gasteiger partial charge on any atom is 0.193 e. The van der Waals surface area contributed by atoms with Gasteiger partial charge in [-0.25, -0.2) is 0 Å². The molecule has 0 radical (unpaired) electrons. The largest absolute Gasteiger partial charge is 0.353 e. The van der Waals surface area contributed by atoms with Crippen molar-refractivity contribution in [2.75, 3.05) is 34.2 Å². The number of piperidine rings is 1. The van der Waals surface area contributed by atoms with Crippen molar-refractivity contribution >= 4 is 29.9 Å². The van der Waals surface area contributed by atoms with Gasteiger partial charge >= 0.3 is 0 Å². The molecule has 1 fully saturated rings. The molecule has 0 aromatic rings. The van der Waals surface area contributed by atoms with Gasteiger partial charge in [-0.05, 0) is 26.7 Å². The van der Waals surface area contributed by atoms with E-state index in [1.165, 1.54) is 25.9 Å². The van der Waals surface area contributed by atoms with E-state index in [9.17, 15) is 0 Å². The Labute approximate surface area is 123 Å². The van der Waals surface area contributed by atoms with Crippen LogP contribution in [-0.2, 0) is 0 Å². The third-order valence-electron chi connectivity index (χ3n) is 3.23. The van der Waals surface area contributed by atoms with Crippen LogP contribution < -0.4 is 5.32 Å². The van der Waals surface area contributed by atoms with Crippen LogP contribution >= 0.6 is 24.0 Å². The fraction of sp³-hybridized carbons (Fsp3) is 0.917. The van der Waals surface area contributed by atoms with E-state index in [2.05, 4.69) is 29.1 Å². The quantitative estimate of drug-likeness (QED) is 0.465. The van der Waals surface area contributed by atoms with Crippen molar-refractivity contribution in [3.8, 4) is 0 Å². The van der Waals surface area contributed by atoms with Gasteiger partial charge in [0.25, 0.3) is 0 Å². The highest BCUT2D eigenvalue weighted by Gasteiger charge is 2.21. The second kappa shape index (κ2) is 8.13. The van der Waals surface area contributed by atoms with Crippen molar-refractivity contribution < 1.29 is 0 Å². The van der Waals surface area contributed by atoms with Crippen molar-refractivity contribution in [3.63, 3.8) is 0 Å². The van der Waals surface area contributed by atoms with Crippen molar-refractivity contribution in [2.24, 2.45) is 4.99 Å². The Morgan fingerprint density at radius 2 is 1.82 bits per heavy atom. The van der Waals surface area contributed by atoms with Gasteiger partial charge in [0, 0.05) is 46.3 Å². The highest BCUT2D eigenvalue weighted by Crippen LogP contribution is 2.12. The fourth-order valence-electron chi connectivity index (χ4n) is 2.14. The Bertz CT molecular complexity index is 233. The second-order valence-electron chi connectivity index (χ2n) is 4.99. The van der Waals surface area contributed by atoms with E-state index >= 15 is 0 Å². The Morgan fingerprint density at radius 3 is 2.18 bits per heavy atom. The summed E-state index contributed by atoms with van der Waals surface area (Å²) in [4.78, 5) is 8.83. The molecule has 4 nitrogen and oxygen atoms in total. The van der Waals surface area contributed by atoms with Gasteiger partial charge < -0.3 is 15.1 Å². The number of guanidine groups is 1. The van der Waals surface area contributed by atoms with Crippen LogP contribution in [0.3, 0.4) is 0 Å². The summed E-state index contributed by atoms with van der Waals surface area (Å²) in [6, 6.07) is 1.25. The number of likely N-dealkylation sites (tertiary alicyclic amines) is 1. The smallest absolute Gasteiger partial charge is 0.193 e. The minimum atomic E-state index is 0. The zero-order valence-corrected chi connectivity index (χ0v) is 14.1. The lowest BCUT2D eigenvalue weighted by molar-refractivity contribution is 0.166. The molecule has 1 saturated heterocycles. The molecule has 1 heterocycles. The second-order valence-corrected chi connectivity index (χ2v) is 4.99. The van der Waals surface area contributed by atoms with Crippen LogP contribution in [0.2, 0.25) is 0 Å².